The zero-order chi connectivity index (χ0) is 26.3. The quantitative estimate of drug-likeness (QED) is 0.241. The fraction of sp³-hybridized carbons (Fsp3) is 0.0270. The molecule has 0 unspecified atom stereocenters. The van der Waals surface area contributed by atoms with Crippen molar-refractivity contribution in [1.29, 1.82) is 0 Å². The molecule has 7 aromatic rings. The van der Waals surface area contributed by atoms with E-state index in [1.165, 1.54) is 43.2 Å². The van der Waals surface area contributed by atoms with Gasteiger partial charge in [-0.3, -0.25) is 0 Å². The number of nitrogens with one attached hydrogen (secondary N) is 1. The van der Waals surface area contributed by atoms with E-state index in [0.29, 0.717) is 0 Å². The van der Waals surface area contributed by atoms with Gasteiger partial charge in [0.2, 0.25) is 0 Å². The smallest absolute Gasteiger partial charge is 0.135 e. The van der Waals surface area contributed by atoms with Crippen LogP contribution in [0.4, 0.5) is 11.4 Å². The molecular formula is C37H23NOS. The van der Waals surface area contributed by atoms with E-state index in [9.17, 15) is 0 Å². The topological polar surface area (TPSA) is 25.2 Å². The number of anilines is 2. The molecule has 0 radical (unpaired) electrons. The van der Waals surface area contributed by atoms with Gasteiger partial charge in [-0.05, 0) is 75.8 Å². The molecule has 40 heavy (non-hydrogen) atoms. The number of fused-ring (bicyclic) bond motifs is 12. The van der Waals surface area contributed by atoms with Crippen molar-refractivity contribution in [3.8, 4) is 11.1 Å². The van der Waals surface area contributed by atoms with E-state index in [1.807, 2.05) is 23.9 Å². The highest BCUT2D eigenvalue weighted by atomic mass is 32.2. The van der Waals surface area contributed by atoms with Gasteiger partial charge >= 0.3 is 0 Å². The van der Waals surface area contributed by atoms with Crippen LogP contribution in [0.25, 0.3) is 33.1 Å². The van der Waals surface area contributed by atoms with Crippen molar-refractivity contribution in [1.82, 2.24) is 0 Å². The van der Waals surface area contributed by atoms with E-state index >= 15 is 0 Å². The first-order chi connectivity index (χ1) is 19.8. The molecule has 3 heteroatoms. The minimum atomic E-state index is -0.336. The maximum atomic E-state index is 6.05. The SMILES string of the molecule is c1ccc2c(c1)Sc1cc(Nc3ccc4oc5ccccc5c4c3)ccc1C21c2ccccc2-c2ccccc21. The minimum absolute atomic E-state index is 0.336. The summed E-state index contributed by atoms with van der Waals surface area (Å²) in [5, 5.41) is 5.95. The van der Waals surface area contributed by atoms with E-state index in [2.05, 4.69) is 127 Å². The molecular weight excluding hydrogens is 506 g/mol. The van der Waals surface area contributed by atoms with Gasteiger partial charge in [0, 0.05) is 31.9 Å². The molecule has 1 aliphatic heterocycles. The van der Waals surface area contributed by atoms with Crippen LogP contribution >= 0.6 is 11.8 Å². The first-order valence-electron chi connectivity index (χ1n) is 13.6. The first-order valence-corrected chi connectivity index (χ1v) is 14.4. The van der Waals surface area contributed by atoms with Crippen molar-refractivity contribution in [2.24, 2.45) is 0 Å². The molecule has 9 rings (SSSR count). The highest BCUT2D eigenvalue weighted by molar-refractivity contribution is 7.99. The summed E-state index contributed by atoms with van der Waals surface area (Å²) in [5.41, 5.74) is 11.7. The summed E-state index contributed by atoms with van der Waals surface area (Å²) in [6, 6.07) is 48.3. The third kappa shape index (κ3) is 2.90. The molecule has 0 amide bonds. The number of benzene rings is 6. The fourth-order valence-electron chi connectivity index (χ4n) is 6.91. The Labute approximate surface area is 236 Å². The summed E-state index contributed by atoms with van der Waals surface area (Å²) in [7, 11) is 0. The van der Waals surface area contributed by atoms with Crippen LogP contribution in [0.1, 0.15) is 22.3 Å². The van der Waals surface area contributed by atoms with E-state index in [4.69, 9.17) is 4.42 Å². The number of rotatable bonds is 2. The number of hydrogen-bond donors (Lipinski definition) is 1. The molecule has 0 saturated heterocycles. The largest absolute Gasteiger partial charge is 0.456 e. The third-order valence-electron chi connectivity index (χ3n) is 8.51. The molecule has 1 spiro atoms. The van der Waals surface area contributed by atoms with Crippen LogP contribution in [0.5, 0.6) is 0 Å². The summed E-state index contributed by atoms with van der Waals surface area (Å²) in [5.74, 6) is 0. The lowest BCUT2D eigenvalue weighted by molar-refractivity contribution is 0.669. The van der Waals surface area contributed by atoms with Gasteiger partial charge in [0.15, 0.2) is 0 Å². The average molecular weight is 530 g/mol. The van der Waals surface area contributed by atoms with Crippen LogP contribution in [0.3, 0.4) is 0 Å². The lowest BCUT2D eigenvalue weighted by Gasteiger charge is -2.39. The van der Waals surface area contributed by atoms with E-state index in [-0.39, 0.29) is 5.41 Å². The zero-order valence-electron chi connectivity index (χ0n) is 21.5. The molecule has 0 saturated carbocycles. The summed E-state index contributed by atoms with van der Waals surface area (Å²) in [6.45, 7) is 0. The lowest BCUT2D eigenvalue weighted by atomic mass is 9.67. The molecule has 0 atom stereocenters. The molecule has 188 valence electrons. The van der Waals surface area contributed by atoms with Gasteiger partial charge < -0.3 is 9.73 Å². The Morgan fingerprint density at radius 1 is 0.475 bits per heavy atom. The normalized spacial score (nSPS) is 14.1. The number of furan rings is 1. The van der Waals surface area contributed by atoms with Crippen LogP contribution in [-0.4, -0.2) is 0 Å². The molecule has 2 heterocycles. The second-order valence-electron chi connectivity index (χ2n) is 10.6. The van der Waals surface area contributed by atoms with Crippen LogP contribution < -0.4 is 5.32 Å². The fourth-order valence-corrected chi connectivity index (χ4v) is 8.14. The van der Waals surface area contributed by atoms with Crippen molar-refractivity contribution >= 4 is 45.1 Å². The summed E-state index contributed by atoms with van der Waals surface area (Å²) < 4.78 is 6.05. The minimum Gasteiger partial charge on any atom is -0.456 e. The predicted molar refractivity (Wildman–Crippen MR) is 165 cm³/mol. The Kier molecular flexibility index (Phi) is 4.50. The molecule has 1 aromatic heterocycles. The molecule has 0 bridgehead atoms. The number of hydrogen-bond acceptors (Lipinski definition) is 3. The highest BCUT2D eigenvalue weighted by Crippen LogP contribution is 2.62. The maximum Gasteiger partial charge on any atom is 0.135 e. The Bertz CT molecular complexity index is 2090. The Morgan fingerprint density at radius 3 is 1.90 bits per heavy atom. The highest BCUT2D eigenvalue weighted by Gasteiger charge is 2.49. The monoisotopic (exact) mass is 529 g/mol. The molecule has 0 fully saturated rings. The van der Waals surface area contributed by atoms with Gasteiger partial charge in [-0.1, -0.05) is 103 Å². The summed E-state index contributed by atoms with van der Waals surface area (Å²) >= 11 is 1.87. The molecule has 1 N–H and O–H groups in total. The van der Waals surface area contributed by atoms with Crippen molar-refractivity contribution < 1.29 is 4.42 Å². The van der Waals surface area contributed by atoms with Gasteiger partial charge in [-0.15, -0.1) is 0 Å². The van der Waals surface area contributed by atoms with Crippen molar-refractivity contribution in [3.05, 3.63) is 156 Å². The first kappa shape index (κ1) is 22.1. The van der Waals surface area contributed by atoms with E-state index in [0.717, 1.165) is 33.3 Å². The molecule has 1 aliphatic carbocycles. The summed E-state index contributed by atoms with van der Waals surface area (Å²) in [4.78, 5) is 2.59. The van der Waals surface area contributed by atoms with Crippen molar-refractivity contribution in [3.63, 3.8) is 0 Å². The van der Waals surface area contributed by atoms with Crippen LogP contribution in [0.2, 0.25) is 0 Å². The standard InChI is InChI=1S/C37H23NOS/c1-4-12-29-25(9-1)26-10-2-5-13-30(26)37(29)31-14-6-8-16-35(31)40-36-22-24(17-19-32(36)37)38-23-18-20-34-28(21-23)27-11-3-7-15-33(27)39-34/h1-22,38H. The van der Waals surface area contributed by atoms with Crippen LogP contribution in [-0.2, 0) is 5.41 Å². The summed E-state index contributed by atoms with van der Waals surface area (Å²) in [6.07, 6.45) is 0. The van der Waals surface area contributed by atoms with E-state index < -0.39 is 0 Å². The maximum absolute atomic E-state index is 6.05. The second kappa shape index (κ2) is 8.14. The van der Waals surface area contributed by atoms with Gasteiger partial charge in [0.05, 0.1) is 5.41 Å². The Balaban J connectivity index is 1.22. The average Bonchev–Trinajstić information content (AvgIpc) is 3.51. The van der Waals surface area contributed by atoms with E-state index in [1.54, 1.807) is 0 Å². The Morgan fingerprint density at radius 2 is 1.07 bits per heavy atom. The van der Waals surface area contributed by atoms with Gasteiger partial charge in [-0.2, -0.15) is 0 Å². The number of para-hydroxylation sites is 1. The van der Waals surface area contributed by atoms with Crippen LogP contribution in [0.15, 0.2) is 148 Å². The predicted octanol–water partition coefficient (Wildman–Crippen LogP) is 10.2. The Hall–Kier alpha value is -4.73. The molecule has 2 nitrogen and oxygen atoms in total. The van der Waals surface area contributed by atoms with Gasteiger partial charge in [-0.25, -0.2) is 0 Å². The van der Waals surface area contributed by atoms with Crippen molar-refractivity contribution in [2.75, 3.05) is 5.32 Å². The van der Waals surface area contributed by atoms with Crippen LogP contribution in [0, 0.1) is 0 Å². The molecule has 6 aromatic carbocycles. The van der Waals surface area contributed by atoms with Gasteiger partial charge in [0.1, 0.15) is 11.2 Å². The zero-order valence-corrected chi connectivity index (χ0v) is 22.3. The lowest BCUT2D eigenvalue weighted by Crippen LogP contribution is -2.31. The second-order valence-corrected chi connectivity index (χ2v) is 11.7. The molecule has 2 aliphatic rings. The third-order valence-corrected chi connectivity index (χ3v) is 9.65. The van der Waals surface area contributed by atoms with Crippen molar-refractivity contribution in [2.45, 2.75) is 15.2 Å². The van der Waals surface area contributed by atoms with Gasteiger partial charge in [0.25, 0.3) is 0 Å².